The van der Waals surface area contributed by atoms with Crippen LogP contribution in [0.1, 0.15) is 18.4 Å². The molecule has 2 aliphatic rings. The van der Waals surface area contributed by atoms with Crippen LogP contribution in [0.25, 0.3) is 0 Å². The van der Waals surface area contributed by atoms with Crippen molar-refractivity contribution in [2.24, 2.45) is 11.3 Å². The minimum absolute atomic E-state index is 0.0505. The Morgan fingerprint density at radius 1 is 1.11 bits per heavy atom. The number of halogens is 3. The van der Waals surface area contributed by atoms with Gasteiger partial charge in [0.1, 0.15) is 5.82 Å². The highest BCUT2D eigenvalue weighted by Crippen LogP contribution is 2.45. The van der Waals surface area contributed by atoms with E-state index in [2.05, 4.69) is 15.2 Å². The molecule has 3 amide bonds. The van der Waals surface area contributed by atoms with Gasteiger partial charge < -0.3 is 25.1 Å². The Morgan fingerprint density at radius 2 is 1.76 bits per heavy atom. The second kappa shape index (κ2) is 11.7. The highest BCUT2D eigenvalue weighted by Gasteiger charge is 2.54. The van der Waals surface area contributed by atoms with Crippen LogP contribution in [0, 0.1) is 18.3 Å². The van der Waals surface area contributed by atoms with E-state index in [1.807, 2.05) is 68.4 Å². The molecule has 2 N–H and O–H groups in total. The van der Waals surface area contributed by atoms with E-state index in [0.29, 0.717) is 26.2 Å². The van der Waals surface area contributed by atoms with Crippen molar-refractivity contribution < 1.29 is 32.7 Å². The second-order valence-corrected chi connectivity index (χ2v) is 9.72. The summed E-state index contributed by atoms with van der Waals surface area (Å²) < 4.78 is 31.7. The molecule has 2 aromatic rings. The summed E-state index contributed by atoms with van der Waals surface area (Å²) in [7, 11) is 3.65. The number of hydrogen-bond acceptors (Lipinski definition) is 5. The summed E-state index contributed by atoms with van der Waals surface area (Å²) in [6.07, 6.45) is -1.73. The van der Waals surface area contributed by atoms with Crippen molar-refractivity contribution in [2.75, 3.05) is 50.5 Å². The zero-order valence-corrected chi connectivity index (χ0v) is 21.5. The fraction of sp³-hybridized carbons (Fsp3) is 0.462. The molecule has 3 heterocycles. The lowest BCUT2D eigenvalue weighted by atomic mass is 9.74. The molecule has 9 nitrogen and oxygen atoms in total. The average molecular weight is 536 g/mol. The van der Waals surface area contributed by atoms with Gasteiger partial charge in [0.15, 0.2) is 0 Å². The Bertz CT molecular complexity index is 1150. The molecule has 0 radical (unpaired) electrons. The van der Waals surface area contributed by atoms with Crippen LogP contribution in [0.15, 0.2) is 48.7 Å². The van der Waals surface area contributed by atoms with Crippen LogP contribution in [0.3, 0.4) is 0 Å². The van der Waals surface area contributed by atoms with Gasteiger partial charge in [-0.25, -0.2) is 14.6 Å². The van der Waals surface area contributed by atoms with Gasteiger partial charge in [0.25, 0.3) is 0 Å². The van der Waals surface area contributed by atoms with Gasteiger partial charge in [-0.1, -0.05) is 24.3 Å². The quantitative estimate of drug-likeness (QED) is 0.619. The maximum atomic E-state index is 13.4. The molecule has 12 heteroatoms. The summed E-state index contributed by atoms with van der Waals surface area (Å²) in [5.41, 5.74) is 1.36. The topological polar surface area (TPSA) is 106 Å². The van der Waals surface area contributed by atoms with E-state index < -0.39 is 17.6 Å². The van der Waals surface area contributed by atoms with Crippen LogP contribution in [0.5, 0.6) is 0 Å². The van der Waals surface area contributed by atoms with Crippen molar-refractivity contribution in [3.05, 3.63) is 54.2 Å². The maximum Gasteiger partial charge on any atom is 0.490 e. The SMILES string of the molecule is Cc1ccccc1NC(=O)N1CCC[C@]2(C(=O)N(C)C)CN(c3ccccn3)C[C@@H]2C1.O=C(O)C(F)(F)F. The summed E-state index contributed by atoms with van der Waals surface area (Å²) in [6.45, 7) is 4.55. The number of urea groups is 1. The van der Waals surface area contributed by atoms with Crippen molar-refractivity contribution >= 4 is 29.4 Å². The van der Waals surface area contributed by atoms with Crippen molar-refractivity contribution in [3.63, 3.8) is 0 Å². The fourth-order valence-corrected chi connectivity index (χ4v) is 5.04. The number of aliphatic carboxylic acids is 1. The number of fused-ring (bicyclic) bond motifs is 1. The van der Waals surface area contributed by atoms with Crippen LogP contribution in [0.4, 0.5) is 29.5 Å². The van der Waals surface area contributed by atoms with E-state index in [1.54, 1.807) is 11.1 Å². The molecule has 0 bridgehead atoms. The lowest BCUT2D eigenvalue weighted by Gasteiger charge is -2.34. The normalized spacial score (nSPS) is 20.9. The Hall–Kier alpha value is -3.83. The van der Waals surface area contributed by atoms with Crippen LogP contribution in [-0.4, -0.2) is 84.2 Å². The summed E-state index contributed by atoms with van der Waals surface area (Å²) in [6, 6.07) is 13.6. The molecule has 1 aromatic heterocycles. The number of nitrogens with one attached hydrogen (secondary N) is 1. The number of para-hydroxylation sites is 1. The number of aryl methyl sites for hydroxylation is 1. The van der Waals surface area contributed by atoms with Crippen LogP contribution < -0.4 is 10.2 Å². The number of pyridine rings is 1. The third-order valence-electron chi connectivity index (χ3n) is 6.91. The van der Waals surface area contributed by atoms with Crippen molar-refractivity contribution in [2.45, 2.75) is 25.9 Å². The number of carbonyl (C=O) groups is 3. The Labute approximate surface area is 219 Å². The van der Waals surface area contributed by atoms with Crippen LogP contribution >= 0.6 is 0 Å². The lowest BCUT2D eigenvalue weighted by Crippen LogP contribution is -2.48. The molecule has 1 aromatic carbocycles. The van der Waals surface area contributed by atoms with Gasteiger partial charge in [-0.15, -0.1) is 0 Å². The summed E-state index contributed by atoms with van der Waals surface area (Å²) >= 11 is 0. The number of aromatic nitrogens is 1. The number of alkyl halides is 3. The van der Waals surface area contributed by atoms with Crippen molar-refractivity contribution in [3.8, 4) is 0 Å². The first-order valence-electron chi connectivity index (χ1n) is 12.1. The first-order valence-corrected chi connectivity index (χ1v) is 12.1. The van der Waals surface area contributed by atoms with E-state index in [0.717, 1.165) is 29.9 Å². The summed E-state index contributed by atoms with van der Waals surface area (Å²) in [5, 5.41) is 10.2. The third-order valence-corrected chi connectivity index (χ3v) is 6.91. The van der Waals surface area contributed by atoms with Gasteiger partial charge in [0, 0.05) is 58.1 Å². The van der Waals surface area contributed by atoms with Gasteiger partial charge in [-0.3, -0.25) is 4.79 Å². The molecule has 0 unspecified atom stereocenters. The highest BCUT2D eigenvalue weighted by atomic mass is 19.4. The van der Waals surface area contributed by atoms with E-state index in [9.17, 15) is 22.8 Å². The predicted molar refractivity (Wildman–Crippen MR) is 136 cm³/mol. The predicted octanol–water partition coefficient (Wildman–Crippen LogP) is 3.86. The number of hydrogen-bond donors (Lipinski definition) is 2. The van der Waals surface area contributed by atoms with E-state index >= 15 is 0 Å². The maximum absolute atomic E-state index is 13.4. The molecule has 2 aliphatic heterocycles. The highest BCUT2D eigenvalue weighted by molar-refractivity contribution is 5.90. The largest absolute Gasteiger partial charge is 0.490 e. The van der Waals surface area contributed by atoms with Gasteiger partial charge in [-0.2, -0.15) is 13.2 Å². The van der Waals surface area contributed by atoms with Gasteiger partial charge in [0.2, 0.25) is 5.91 Å². The van der Waals surface area contributed by atoms with E-state index in [1.165, 1.54) is 0 Å². The molecule has 2 fully saturated rings. The first-order chi connectivity index (χ1) is 17.8. The minimum Gasteiger partial charge on any atom is -0.475 e. The van der Waals surface area contributed by atoms with Crippen LogP contribution in [-0.2, 0) is 9.59 Å². The van der Waals surface area contributed by atoms with Crippen molar-refractivity contribution in [1.29, 1.82) is 0 Å². The number of benzene rings is 1. The summed E-state index contributed by atoms with van der Waals surface area (Å²) in [5.74, 6) is -1.67. The number of likely N-dealkylation sites (tertiary alicyclic amines) is 1. The lowest BCUT2D eigenvalue weighted by molar-refractivity contribution is -0.192. The van der Waals surface area contributed by atoms with E-state index in [-0.39, 0.29) is 17.9 Å². The minimum atomic E-state index is -5.08. The number of carboxylic acid groups (broad SMARTS) is 1. The standard InChI is InChI=1S/C24H31N5O2.C2HF3O2/c1-18-9-4-5-10-20(18)26-23(31)28-14-8-12-24(22(30)27(2)3)17-29(16-19(24)15-28)21-11-6-7-13-25-21;3-2(4,5)1(6)7/h4-7,9-11,13,19H,8,12,14-17H2,1-3H3,(H,26,31);(H,6,7)/t19-,24-;/m0./s1. The average Bonchev–Trinajstić information content (AvgIpc) is 3.13. The summed E-state index contributed by atoms with van der Waals surface area (Å²) in [4.78, 5) is 45.7. The molecule has 2 saturated heterocycles. The molecule has 0 spiro atoms. The fourth-order valence-electron chi connectivity index (χ4n) is 5.04. The van der Waals surface area contributed by atoms with Gasteiger partial charge >= 0.3 is 18.2 Å². The van der Waals surface area contributed by atoms with E-state index in [4.69, 9.17) is 9.90 Å². The number of carbonyl (C=O) groups excluding carboxylic acids is 2. The third kappa shape index (κ3) is 6.53. The molecule has 38 heavy (non-hydrogen) atoms. The molecule has 4 rings (SSSR count). The number of anilines is 2. The number of amides is 3. The smallest absolute Gasteiger partial charge is 0.475 e. The molecule has 0 saturated carbocycles. The van der Waals surface area contributed by atoms with Gasteiger partial charge in [0.05, 0.1) is 5.41 Å². The zero-order valence-electron chi connectivity index (χ0n) is 21.5. The molecular weight excluding hydrogens is 503 g/mol. The second-order valence-electron chi connectivity index (χ2n) is 9.72. The number of carboxylic acids is 1. The molecule has 2 atom stereocenters. The Balaban J connectivity index is 0.000000505. The molecule has 0 aliphatic carbocycles. The Kier molecular flexibility index (Phi) is 8.85. The van der Waals surface area contributed by atoms with Crippen LogP contribution in [0.2, 0.25) is 0 Å². The molecular formula is C26H32F3N5O4. The zero-order chi connectivity index (χ0) is 28.1. The first kappa shape index (κ1) is 28.7. The number of nitrogens with zero attached hydrogens (tertiary/aromatic N) is 4. The molecule has 206 valence electrons. The van der Waals surface area contributed by atoms with Crippen molar-refractivity contribution in [1.82, 2.24) is 14.8 Å². The number of rotatable bonds is 3. The Morgan fingerprint density at radius 3 is 2.34 bits per heavy atom. The monoisotopic (exact) mass is 535 g/mol. The van der Waals surface area contributed by atoms with Gasteiger partial charge in [-0.05, 0) is 43.5 Å².